The normalized spacial score (nSPS) is 11.7. The Labute approximate surface area is 677 Å². The van der Waals surface area contributed by atoms with E-state index < -0.39 is 11.7 Å². The van der Waals surface area contributed by atoms with Crippen LogP contribution in [-0.2, 0) is 6.18 Å². The van der Waals surface area contributed by atoms with Crippen LogP contribution >= 0.6 is 0 Å². The van der Waals surface area contributed by atoms with E-state index in [4.69, 9.17) is 6.57 Å². The summed E-state index contributed by atoms with van der Waals surface area (Å²) < 4.78 is 53.5. The predicted octanol–water partition coefficient (Wildman–Crippen LogP) is 30.0. The Balaban J connectivity index is 0.000000156. The van der Waals surface area contributed by atoms with Crippen LogP contribution in [0.25, 0.3) is 182 Å². The third kappa shape index (κ3) is 12.5. The third-order valence-electron chi connectivity index (χ3n) is 23.5. The molecule has 0 amide bonds. The number of nitrogens with zero attached hydrogens (tertiary/aromatic N) is 6. The quantitative estimate of drug-likeness (QED) is 0.126. The maximum atomic E-state index is 14.9. The second kappa shape index (κ2) is 28.5. The first-order valence-corrected chi connectivity index (χ1v) is 39.6. The fourth-order valence-corrected chi connectivity index (χ4v) is 18.5. The molecule has 16 aromatic carbocycles. The Bertz CT molecular complexity index is 7600. The van der Waals surface area contributed by atoms with Gasteiger partial charge in [0.2, 0.25) is 0 Å². The summed E-state index contributed by atoms with van der Waals surface area (Å²) in [5, 5.41) is 19.5. The summed E-state index contributed by atoms with van der Waals surface area (Å²) in [5.74, 6) is 0. The molecule has 0 spiro atoms. The molecule has 0 aliphatic heterocycles. The summed E-state index contributed by atoms with van der Waals surface area (Å²) in [7, 11) is 0. The van der Waals surface area contributed by atoms with E-state index in [1.807, 2.05) is 65.2 Å². The smallest absolute Gasteiger partial charge is 0.310 e. The molecule has 0 radical (unpaired) electrons. The van der Waals surface area contributed by atoms with Gasteiger partial charge in [-0.25, -0.2) is 4.85 Å². The van der Waals surface area contributed by atoms with Gasteiger partial charge in [-0.05, 0) is 239 Å². The zero-order chi connectivity index (χ0) is 80.4. The van der Waals surface area contributed by atoms with Gasteiger partial charge in [0.15, 0.2) is 5.69 Å². The summed E-state index contributed by atoms with van der Waals surface area (Å²) in [6, 6.07) is 111. The maximum absolute atomic E-state index is 14.9. The molecule has 0 N–H and O–H groups in total. The maximum Gasteiger partial charge on any atom is 0.416 e. The van der Waals surface area contributed by atoms with Crippen LogP contribution in [0, 0.1) is 80.2 Å². The number of halogens is 3. The van der Waals surface area contributed by atoms with Crippen LogP contribution < -0.4 is 0 Å². The molecule has 20 aromatic rings. The number of rotatable bonds is 10. The summed E-state index contributed by atoms with van der Waals surface area (Å²) in [6.45, 7) is 27.7. The molecule has 0 aliphatic rings. The highest BCUT2D eigenvalue weighted by molar-refractivity contribution is 6.16. The number of benzene rings is 16. The molecular formula is C108H79F3N6. The van der Waals surface area contributed by atoms with Crippen LogP contribution in [0.1, 0.15) is 61.2 Å². The van der Waals surface area contributed by atoms with Gasteiger partial charge in [-0.15, -0.1) is 0 Å². The number of hydrogen-bond acceptors (Lipinski definition) is 1. The molecule has 562 valence electrons. The lowest BCUT2D eigenvalue weighted by Gasteiger charge is -2.21. The van der Waals surface area contributed by atoms with Gasteiger partial charge in [-0.3, -0.25) is 0 Å². The highest BCUT2D eigenvalue weighted by atomic mass is 19.4. The summed E-state index contributed by atoms with van der Waals surface area (Å²) >= 11 is 0. The molecule has 117 heavy (non-hydrogen) atoms. The van der Waals surface area contributed by atoms with Gasteiger partial charge in [0.1, 0.15) is 0 Å². The van der Waals surface area contributed by atoms with E-state index in [-0.39, 0.29) is 5.56 Å². The zero-order valence-corrected chi connectivity index (χ0v) is 66.3. The van der Waals surface area contributed by atoms with E-state index in [0.29, 0.717) is 28.2 Å². The molecule has 4 aromatic heterocycles. The van der Waals surface area contributed by atoms with Crippen molar-refractivity contribution >= 4 is 92.9 Å². The molecule has 0 saturated heterocycles. The van der Waals surface area contributed by atoms with Crippen molar-refractivity contribution < 1.29 is 13.2 Å². The molecule has 0 bridgehead atoms. The minimum Gasteiger partial charge on any atom is -0.310 e. The Kier molecular flexibility index (Phi) is 17.7. The average Bonchev–Trinajstić information content (AvgIpc) is 1.60. The van der Waals surface area contributed by atoms with E-state index in [2.05, 4.69) is 317 Å². The van der Waals surface area contributed by atoms with Crippen LogP contribution in [-0.4, -0.2) is 18.3 Å². The fourth-order valence-electron chi connectivity index (χ4n) is 18.5. The molecule has 0 saturated carbocycles. The Morgan fingerprint density at radius 3 is 1.03 bits per heavy atom. The molecule has 4 heterocycles. The van der Waals surface area contributed by atoms with Gasteiger partial charge >= 0.3 is 6.18 Å². The van der Waals surface area contributed by atoms with E-state index in [1.165, 1.54) is 88.8 Å². The van der Waals surface area contributed by atoms with Crippen molar-refractivity contribution in [3.8, 4) is 95.6 Å². The highest BCUT2D eigenvalue weighted by Gasteiger charge is 2.34. The van der Waals surface area contributed by atoms with Gasteiger partial charge in [0.25, 0.3) is 0 Å². The van der Waals surface area contributed by atoms with Crippen LogP contribution in [0.2, 0.25) is 0 Å². The summed E-state index contributed by atoms with van der Waals surface area (Å²) in [4.78, 5) is 4.21. The molecule has 0 fully saturated rings. The van der Waals surface area contributed by atoms with Crippen LogP contribution in [0.15, 0.2) is 315 Å². The van der Waals surface area contributed by atoms with Crippen LogP contribution in [0.5, 0.6) is 0 Å². The lowest BCUT2D eigenvalue weighted by Crippen LogP contribution is -2.08. The van der Waals surface area contributed by atoms with E-state index in [9.17, 15) is 18.4 Å². The highest BCUT2D eigenvalue weighted by Crippen LogP contribution is 2.49. The first-order chi connectivity index (χ1) is 56.7. The largest absolute Gasteiger partial charge is 0.416 e. The molecular weight excluding hydrogens is 1440 g/mol. The van der Waals surface area contributed by atoms with Gasteiger partial charge in [0.05, 0.1) is 85.0 Å². The molecule has 9 heteroatoms. The first kappa shape index (κ1) is 72.7. The Morgan fingerprint density at radius 2 is 0.624 bits per heavy atom. The Hall–Kier alpha value is -14.5. The Morgan fingerprint density at radius 1 is 0.274 bits per heavy atom. The van der Waals surface area contributed by atoms with E-state index in [1.54, 1.807) is 12.1 Å². The van der Waals surface area contributed by atoms with Crippen molar-refractivity contribution in [2.75, 3.05) is 0 Å². The average molecular weight is 1520 g/mol. The number of fused-ring (bicyclic) bond motifs is 12. The molecule has 0 unspecified atom stereocenters. The second-order valence-corrected chi connectivity index (χ2v) is 31.6. The topological polar surface area (TPSA) is 47.9 Å². The molecule has 0 atom stereocenters. The van der Waals surface area contributed by atoms with Crippen LogP contribution in [0.3, 0.4) is 0 Å². The number of alkyl halides is 3. The van der Waals surface area contributed by atoms with Crippen molar-refractivity contribution in [3.63, 3.8) is 0 Å². The van der Waals surface area contributed by atoms with Crippen molar-refractivity contribution in [2.45, 2.75) is 68.5 Å². The number of aryl methyl sites for hydroxylation is 9. The zero-order valence-electron chi connectivity index (χ0n) is 66.3. The van der Waals surface area contributed by atoms with Crippen molar-refractivity contribution in [1.29, 1.82) is 5.26 Å². The first-order valence-electron chi connectivity index (χ1n) is 39.6. The van der Waals surface area contributed by atoms with Gasteiger partial charge < -0.3 is 18.3 Å². The van der Waals surface area contributed by atoms with Gasteiger partial charge in [-0.2, -0.15) is 18.4 Å². The van der Waals surface area contributed by atoms with Crippen LogP contribution in [0.4, 0.5) is 18.9 Å². The van der Waals surface area contributed by atoms with E-state index >= 15 is 0 Å². The monoisotopic (exact) mass is 1520 g/mol. The van der Waals surface area contributed by atoms with Gasteiger partial charge in [-0.1, -0.05) is 239 Å². The summed E-state index contributed by atoms with van der Waals surface area (Å²) in [5.41, 5.74) is 34.0. The lowest BCUT2D eigenvalue weighted by molar-refractivity contribution is -0.137. The molecule has 6 nitrogen and oxygen atoms in total. The van der Waals surface area contributed by atoms with E-state index in [0.717, 1.165) is 128 Å². The number of para-hydroxylation sites is 4. The standard InChI is InChI=1S/C54H38F3N3.C54H41N3/c1-32-16-21-40(34(3)26-32)36-18-23-49-44(28-36)42-11-5-7-13-47(42)59(49)51-25-20-39(54(55,56)57)30-46(51)53-38(31-58)10-9-15-52(53)60-48-14-8-6-12-43(48)45-29-37(19-24-50(45)60)41-22-17-33(2)27-35(41)4;1-33-18-21-52(56-48-15-9-7-12-42(48)44-31-38(19-22-50(44)56)40-26-34(2)24-35(3)27-40)46(30-33)54-47(55-6)14-11-17-53(54)57-49-16-10-8-13-43(49)45-32-39(20-23-51(45)57)41-28-36(4)25-37(5)29-41/h5-30H,1-4H3;7-32H,1-5H3. The molecule has 0 aliphatic carbocycles. The fraction of sp³-hybridized carbons (Fsp3) is 0.0926. The molecule has 20 rings (SSSR count). The summed E-state index contributed by atoms with van der Waals surface area (Å²) in [6.07, 6.45) is -4.63. The third-order valence-corrected chi connectivity index (χ3v) is 23.5. The number of hydrogen-bond donors (Lipinski definition) is 0. The van der Waals surface area contributed by atoms with Crippen molar-refractivity contribution in [3.05, 3.63) is 388 Å². The number of aromatic nitrogens is 4. The number of nitriles is 1. The van der Waals surface area contributed by atoms with Gasteiger partial charge in [0, 0.05) is 65.5 Å². The SMILES string of the molecule is Cc1ccc(-c2ccc3c(c2)c2ccccc2n3-c2ccc(C(F)(F)F)cc2-c2c(C#N)cccc2-n2c3ccccc3c3cc(-c4ccc(C)cc4C)ccc32)c(C)c1.[C-]#[N+]c1cccc(-n2c3ccccc3c3cc(-c4cc(C)cc(C)c4)ccc32)c1-c1cc(C)ccc1-n1c2ccccc2c2cc(-c3cc(C)cc(C)c3)ccc21. The second-order valence-electron chi connectivity index (χ2n) is 31.6. The minimum absolute atomic E-state index is 0.267. The minimum atomic E-state index is -4.63. The van der Waals surface area contributed by atoms with Crippen molar-refractivity contribution in [2.24, 2.45) is 0 Å². The predicted molar refractivity (Wildman–Crippen MR) is 481 cm³/mol. The lowest BCUT2D eigenvalue weighted by atomic mass is 9.94. The van der Waals surface area contributed by atoms with Crippen molar-refractivity contribution in [1.82, 2.24) is 18.3 Å².